The van der Waals surface area contributed by atoms with Gasteiger partial charge in [-0.1, -0.05) is 11.6 Å². The Morgan fingerprint density at radius 3 is 2.82 bits per heavy atom. The van der Waals surface area contributed by atoms with E-state index >= 15 is 0 Å². The fourth-order valence-electron chi connectivity index (χ4n) is 0.775. The maximum Gasteiger partial charge on any atom is 0.160 e. The van der Waals surface area contributed by atoms with Crippen LogP contribution in [0.25, 0.3) is 0 Å². The van der Waals surface area contributed by atoms with Crippen LogP contribution in [-0.2, 0) is 6.61 Å². The Hall–Kier alpha value is -0.670. The summed E-state index contributed by atoms with van der Waals surface area (Å²) in [4.78, 5) is 3.69. The van der Waals surface area contributed by atoms with Crippen LogP contribution in [0.4, 0.5) is 4.39 Å². The third-order valence-electron chi connectivity index (χ3n) is 1.44. The van der Waals surface area contributed by atoms with E-state index in [1.165, 1.54) is 0 Å². The Morgan fingerprint density at radius 2 is 2.36 bits per heavy atom. The van der Waals surface area contributed by atoms with Gasteiger partial charge in [0.25, 0.3) is 0 Å². The van der Waals surface area contributed by atoms with Crippen LogP contribution in [0.5, 0.6) is 0 Å². The lowest BCUT2D eigenvalue weighted by molar-refractivity contribution is 0.280. The van der Waals surface area contributed by atoms with Crippen molar-refractivity contribution in [1.82, 2.24) is 4.98 Å². The van der Waals surface area contributed by atoms with Gasteiger partial charge in [0.2, 0.25) is 0 Å². The van der Waals surface area contributed by atoms with Crippen molar-refractivity contribution in [2.45, 2.75) is 13.5 Å². The van der Waals surface area contributed by atoms with Gasteiger partial charge in [-0.3, -0.25) is 4.98 Å². The first kappa shape index (κ1) is 8.43. The van der Waals surface area contributed by atoms with Crippen LogP contribution in [-0.4, -0.2) is 10.1 Å². The van der Waals surface area contributed by atoms with Gasteiger partial charge in [0.05, 0.1) is 17.8 Å². The molecule has 0 amide bonds. The van der Waals surface area contributed by atoms with Gasteiger partial charge in [-0.2, -0.15) is 0 Å². The molecule has 0 radical (unpaired) electrons. The predicted octanol–water partition coefficient (Wildman–Crippen LogP) is 1.67. The zero-order valence-corrected chi connectivity index (χ0v) is 6.69. The number of aliphatic hydroxyl groups excluding tert-OH is 1. The van der Waals surface area contributed by atoms with E-state index < -0.39 is 5.82 Å². The van der Waals surface area contributed by atoms with Gasteiger partial charge in [0.15, 0.2) is 5.82 Å². The minimum atomic E-state index is -0.596. The highest BCUT2D eigenvalue weighted by Gasteiger charge is 2.08. The molecule has 1 aromatic heterocycles. The van der Waals surface area contributed by atoms with Gasteiger partial charge < -0.3 is 5.11 Å². The molecular weight excluding hydrogens is 169 g/mol. The third kappa shape index (κ3) is 1.49. The molecule has 0 aromatic carbocycles. The molecule has 0 saturated carbocycles. The first-order valence-corrected chi connectivity index (χ1v) is 3.45. The summed E-state index contributed by atoms with van der Waals surface area (Å²) >= 11 is 5.52. The van der Waals surface area contributed by atoms with Gasteiger partial charge in [-0.25, -0.2) is 4.39 Å². The molecular formula is C7H7ClFNO. The second-order valence-electron chi connectivity index (χ2n) is 2.14. The van der Waals surface area contributed by atoms with E-state index in [2.05, 4.69) is 4.98 Å². The lowest BCUT2D eigenvalue weighted by Crippen LogP contribution is -1.95. The van der Waals surface area contributed by atoms with Crippen molar-refractivity contribution in [2.24, 2.45) is 0 Å². The van der Waals surface area contributed by atoms with Crippen LogP contribution < -0.4 is 0 Å². The normalized spacial score (nSPS) is 10.2. The van der Waals surface area contributed by atoms with Crippen molar-refractivity contribution < 1.29 is 9.50 Å². The van der Waals surface area contributed by atoms with E-state index in [4.69, 9.17) is 16.7 Å². The Labute approximate surface area is 68.6 Å². The second kappa shape index (κ2) is 3.15. The average molecular weight is 176 g/mol. The standard InChI is InChI=1S/C7H7ClFNO/c1-4-5(3-11)7(8)6(9)2-10-4/h2,11H,3H2,1H3. The summed E-state index contributed by atoms with van der Waals surface area (Å²) in [6.07, 6.45) is 1.04. The molecule has 11 heavy (non-hydrogen) atoms. The van der Waals surface area contributed by atoms with E-state index in [9.17, 15) is 4.39 Å². The molecule has 2 nitrogen and oxygen atoms in total. The molecule has 0 spiro atoms. The number of aliphatic hydroxyl groups is 1. The van der Waals surface area contributed by atoms with Crippen molar-refractivity contribution in [1.29, 1.82) is 0 Å². The summed E-state index contributed by atoms with van der Waals surface area (Å²) < 4.78 is 12.6. The summed E-state index contributed by atoms with van der Waals surface area (Å²) in [6, 6.07) is 0. The monoisotopic (exact) mass is 175 g/mol. The Kier molecular flexibility index (Phi) is 2.42. The van der Waals surface area contributed by atoms with Crippen LogP contribution in [0.3, 0.4) is 0 Å². The molecule has 60 valence electrons. The highest BCUT2D eigenvalue weighted by atomic mass is 35.5. The average Bonchev–Trinajstić information content (AvgIpc) is 1.99. The summed E-state index contributed by atoms with van der Waals surface area (Å²) in [5.41, 5.74) is 0.908. The molecule has 0 saturated heterocycles. The topological polar surface area (TPSA) is 33.1 Å². The highest BCUT2D eigenvalue weighted by Crippen LogP contribution is 2.20. The summed E-state index contributed by atoms with van der Waals surface area (Å²) in [5, 5.41) is 8.69. The maximum atomic E-state index is 12.6. The predicted molar refractivity (Wildman–Crippen MR) is 39.9 cm³/mol. The summed E-state index contributed by atoms with van der Waals surface area (Å²) in [5.74, 6) is -0.596. The molecule has 0 aliphatic heterocycles. The molecule has 1 aromatic rings. The first-order chi connectivity index (χ1) is 5.16. The largest absolute Gasteiger partial charge is 0.392 e. The molecule has 1 rings (SSSR count). The Bertz CT molecular complexity index is 277. The Morgan fingerprint density at radius 1 is 1.73 bits per heavy atom. The molecule has 0 aliphatic rings. The van der Waals surface area contributed by atoms with E-state index in [1.807, 2.05) is 0 Å². The quantitative estimate of drug-likeness (QED) is 0.705. The lowest BCUT2D eigenvalue weighted by atomic mass is 10.2. The smallest absolute Gasteiger partial charge is 0.160 e. The van der Waals surface area contributed by atoms with Crippen LogP contribution in [0.2, 0.25) is 5.02 Å². The van der Waals surface area contributed by atoms with Gasteiger partial charge in [-0.15, -0.1) is 0 Å². The van der Waals surface area contributed by atoms with E-state index in [0.29, 0.717) is 11.3 Å². The molecule has 0 fully saturated rings. The number of aryl methyl sites for hydroxylation is 1. The zero-order valence-electron chi connectivity index (χ0n) is 5.93. The molecule has 0 bridgehead atoms. The summed E-state index contributed by atoms with van der Waals surface area (Å²) in [6.45, 7) is 1.38. The van der Waals surface area contributed by atoms with Crippen LogP contribution in [0.1, 0.15) is 11.3 Å². The van der Waals surface area contributed by atoms with Crippen molar-refractivity contribution in [3.63, 3.8) is 0 Å². The van der Waals surface area contributed by atoms with Crippen molar-refractivity contribution in [2.75, 3.05) is 0 Å². The van der Waals surface area contributed by atoms with Crippen LogP contribution in [0.15, 0.2) is 6.20 Å². The van der Waals surface area contributed by atoms with Gasteiger partial charge in [-0.05, 0) is 6.92 Å². The van der Waals surface area contributed by atoms with E-state index in [1.54, 1.807) is 6.92 Å². The number of aromatic nitrogens is 1. The van der Waals surface area contributed by atoms with Gasteiger partial charge in [0.1, 0.15) is 0 Å². The van der Waals surface area contributed by atoms with Gasteiger partial charge >= 0.3 is 0 Å². The molecule has 4 heteroatoms. The third-order valence-corrected chi connectivity index (χ3v) is 1.85. The lowest BCUT2D eigenvalue weighted by Gasteiger charge is -2.03. The number of hydrogen-bond acceptors (Lipinski definition) is 2. The van der Waals surface area contributed by atoms with E-state index in [-0.39, 0.29) is 11.6 Å². The van der Waals surface area contributed by atoms with Crippen molar-refractivity contribution in [3.05, 3.63) is 28.3 Å². The Balaban J connectivity index is 3.29. The number of hydrogen-bond donors (Lipinski definition) is 1. The number of halogens is 2. The van der Waals surface area contributed by atoms with Gasteiger partial charge in [0, 0.05) is 11.3 Å². The maximum absolute atomic E-state index is 12.6. The van der Waals surface area contributed by atoms with E-state index in [0.717, 1.165) is 6.20 Å². The van der Waals surface area contributed by atoms with Crippen LogP contribution >= 0.6 is 11.6 Å². The fourth-order valence-corrected chi connectivity index (χ4v) is 1.02. The fraction of sp³-hybridized carbons (Fsp3) is 0.286. The number of rotatable bonds is 1. The van der Waals surface area contributed by atoms with Crippen LogP contribution in [0, 0.1) is 12.7 Å². The minimum absolute atomic E-state index is 0.0417. The van der Waals surface area contributed by atoms with Crippen molar-refractivity contribution >= 4 is 11.6 Å². The minimum Gasteiger partial charge on any atom is -0.392 e. The molecule has 0 aliphatic carbocycles. The molecule has 1 heterocycles. The molecule has 0 atom stereocenters. The first-order valence-electron chi connectivity index (χ1n) is 3.07. The zero-order chi connectivity index (χ0) is 8.43. The number of nitrogens with zero attached hydrogens (tertiary/aromatic N) is 1. The number of pyridine rings is 1. The van der Waals surface area contributed by atoms with Crippen molar-refractivity contribution in [3.8, 4) is 0 Å². The highest BCUT2D eigenvalue weighted by molar-refractivity contribution is 6.31. The molecule has 0 unspecified atom stereocenters. The molecule has 1 N–H and O–H groups in total. The SMILES string of the molecule is Cc1ncc(F)c(Cl)c1CO. The summed E-state index contributed by atoms with van der Waals surface area (Å²) in [7, 11) is 0. The second-order valence-corrected chi connectivity index (χ2v) is 2.52.